The molecular weight excluding hydrogens is 355 g/mol. The van der Waals surface area contributed by atoms with Crippen molar-refractivity contribution in [3.8, 4) is 0 Å². The van der Waals surface area contributed by atoms with E-state index < -0.39 is 0 Å². The zero-order valence-electron chi connectivity index (χ0n) is 10.7. The smallest absolute Gasteiger partial charge is 0.231 e. The molecule has 3 heterocycles. The fourth-order valence-electron chi connectivity index (χ4n) is 2.42. The van der Waals surface area contributed by atoms with Crippen LogP contribution in [0.3, 0.4) is 0 Å². The largest absolute Gasteiger partial charge is 0.356 e. The molecule has 1 fully saturated rings. The fraction of sp³-hybridized carbons (Fsp3) is 0.462. The normalized spacial score (nSPS) is 19.7. The number of aryl methyl sites for hydroxylation is 1. The molecule has 1 aliphatic heterocycles. The van der Waals surface area contributed by atoms with Gasteiger partial charge >= 0.3 is 0 Å². The van der Waals surface area contributed by atoms with Gasteiger partial charge in [0.2, 0.25) is 5.89 Å². The van der Waals surface area contributed by atoms with Gasteiger partial charge in [-0.15, -0.1) is 0 Å². The van der Waals surface area contributed by atoms with Crippen molar-refractivity contribution in [3.05, 3.63) is 33.6 Å². The fourth-order valence-corrected chi connectivity index (χ4v) is 2.74. The summed E-state index contributed by atoms with van der Waals surface area (Å²) in [4.78, 5) is 11.1. The van der Waals surface area contributed by atoms with Gasteiger partial charge in [0.25, 0.3) is 0 Å². The number of anilines is 1. The molecule has 0 N–H and O–H groups in total. The lowest BCUT2D eigenvalue weighted by Gasteiger charge is -2.31. The predicted octanol–water partition coefficient (Wildman–Crippen LogP) is 2.76. The maximum Gasteiger partial charge on any atom is 0.231 e. The molecule has 19 heavy (non-hydrogen) atoms. The van der Waals surface area contributed by atoms with Gasteiger partial charge in [-0.3, -0.25) is 0 Å². The standard InChI is InChI=1S/C13H15IN4O/c1-9-16-13(19-17-9)10-3-2-6-18(8-10)12-5-4-11(14)7-15-12/h4-5,7,10H,2-3,6,8H2,1H3. The Labute approximate surface area is 125 Å². The summed E-state index contributed by atoms with van der Waals surface area (Å²) < 4.78 is 6.45. The molecule has 2 aromatic rings. The van der Waals surface area contributed by atoms with Gasteiger partial charge in [0, 0.05) is 22.9 Å². The molecular formula is C13H15IN4O. The number of pyridine rings is 1. The average molecular weight is 370 g/mol. The summed E-state index contributed by atoms with van der Waals surface area (Å²) in [6.45, 7) is 3.79. The number of aromatic nitrogens is 3. The van der Waals surface area contributed by atoms with Gasteiger partial charge in [-0.05, 0) is 54.5 Å². The highest BCUT2D eigenvalue weighted by atomic mass is 127. The number of nitrogens with zero attached hydrogens (tertiary/aromatic N) is 4. The molecule has 2 aromatic heterocycles. The minimum atomic E-state index is 0.316. The van der Waals surface area contributed by atoms with Crippen LogP contribution in [0.1, 0.15) is 30.5 Å². The van der Waals surface area contributed by atoms with Crippen molar-refractivity contribution >= 4 is 28.4 Å². The molecule has 0 saturated carbocycles. The van der Waals surface area contributed by atoms with Gasteiger partial charge in [0.05, 0.1) is 5.92 Å². The molecule has 6 heteroatoms. The van der Waals surface area contributed by atoms with E-state index in [1.54, 1.807) is 0 Å². The van der Waals surface area contributed by atoms with Crippen LogP contribution >= 0.6 is 22.6 Å². The molecule has 0 amide bonds. The Balaban J connectivity index is 1.76. The van der Waals surface area contributed by atoms with Crippen molar-refractivity contribution in [3.63, 3.8) is 0 Å². The van der Waals surface area contributed by atoms with Crippen LogP contribution < -0.4 is 4.90 Å². The number of halogens is 1. The zero-order valence-corrected chi connectivity index (χ0v) is 12.9. The van der Waals surface area contributed by atoms with Crippen LogP contribution in [-0.2, 0) is 0 Å². The summed E-state index contributed by atoms with van der Waals surface area (Å²) in [5, 5.41) is 3.88. The van der Waals surface area contributed by atoms with E-state index in [0.29, 0.717) is 11.7 Å². The van der Waals surface area contributed by atoms with E-state index >= 15 is 0 Å². The molecule has 5 nitrogen and oxygen atoms in total. The molecule has 0 aromatic carbocycles. The molecule has 100 valence electrons. The van der Waals surface area contributed by atoms with E-state index in [1.807, 2.05) is 13.1 Å². The Kier molecular flexibility index (Phi) is 3.67. The van der Waals surface area contributed by atoms with E-state index in [0.717, 1.165) is 41.2 Å². The van der Waals surface area contributed by atoms with Crippen molar-refractivity contribution in [1.29, 1.82) is 0 Å². The highest BCUT2D eigenvalue weighted by Gasteiger charge is 2.26. The second-order valence-corrected chi connectivity index (χ2v) is 6.05. The number of rotatable bonds is 2. The Morgan fingerprint density at radius 1 is 1.42 bits per heavy atom. The van der Waals surface area contributed by atoms with Gasteiger partial charge in [-0.25, -0.2) is 4.98 Å². The van der Waals surface area contributed by atoms with E-state index in [-0.39, 0.29) is 0 Å². The maximum absolute atomic E-state index is 5.30. The minimum absolute atomic E-state index is 0.316. The zero-order chi connectivity index (χ0) is 13.2. The van der Waals surface area contributed by atoms with E-state index in [2.05, 4.69) is 54.7 Å². The van der Waals surface area contributed by atoms with E-state index in [1.165, 1.54) is 0 Å². The van der Waals surface area contributed by atoms with Gasteiger partial charge in [0.15, 0.2) is 5.82 Å². The summed E-state index contributed by atoms with van der Waals surface area (Å²) in [6.07, 6.45) is 4.12. The number of hydrogen-bond acceptors (Lipinski definition) is 5. The first-order chi connectivity index (χ1) is 9.22. The Hall–Kier alpha value is -1.18. The molecule has 0 spiro atoms. The number of hydrogen-bond donors (Lipinski definition) is 0. The van der Waals surface area contributed by atoms with Gasteiger partial charge in [0.1, 0.15) is 5.82 Å². The Bertz CT molecular complexity index is 554. The lowest BCUT2D eigenvalue weighted by atomic mass is 9.98. The topological polar surface area (TPSA) is 55.1 Å². The second-order valence-electron chi connectivity index (χ2n) is 4.80. The summed E-state index contributed by atoms with van der Waals surface area (Å²) in [5.41, 5.74) is 0. The quantitative estimate of drug-likeness (QED) is 0.761. The van der Waals surface area contributed by atoms with Gasteiger partial charge in [-0.1, -0.05) is 5.16 Å². The van der Waals surface area contributed by atoms with Crippen molar-refractivity contribution in [2.45, 2.75) is 25.7 Å². The molecule has 1 saturated heterocycles. The van der Waals surface area contributed by atoms with Gasteiger partial charge in [-0.2, -0.15) is 4.98 Å². The van der Waals surface area contributed by atoms with Crippen LogP contribution in [0.5, 0.6) is 0 Å². The molecule has 0 radical (unpaired) electrons. The highest BCUT2D eigenvalue weighted by molar-refractivity contribution is 14.1. The Morgan fingerprint density at radius 2 is 2.32 bits per heavy atom. The maximum atomic E-state index is 5.30. The van der Waals surface area contributed by atoms with Crippen LogP contribution in [0.25, 0.3) is 0 Å². The third-order valence-corrected chi connectivity index (χ3v) is 3.99. The summed E-state index contributed by atoms with van der Waals surface area (Å²) in [6, 6.07) is 4.16. The SMILES string of the molecule is Cc1noc(C2CCCN(c3ccc(I)cn3)C2)n1. The highest BCUT2D eigenvalue weighted by Crippen LogP contribution is 2.28. The third kappa shape index (κ3) is 2.88. The first-order valence-corrected chi connectivity index (χ1v) is 7.47. The van der Waals surface area contributed by atoms with Crippen LogP contribution in [0.2, 0.25) is 0 Å². The first kappa shape index (κ1) is 12.8. The summed E-state index contributed by atoms with van der Waals surface area (Å²) >= 11 is 2.27. The van der Waals surface area contributed by atoms with Crippen LogP contribution in [0, 0.1) is 10.5 Å². The monoisotopic (exact) mass is 370 g/mol. The van der Waals surface area contributed by atoms with Crippen molar-refractivity contribution in [2.24, 2.45) is 0 Å². The average Bonchev–Trinajstić information content (AvgIpc) is 2.86. The predicted molar refractivity (Wildman–Crippen MR) is 80.2 cm³/mol. The minimum Gasteiger partial charge on any atom is -0.356 e. The Morgan fingerprint density at radius 3 is 3.00 bits per heavy atom. The van der Waals surface area contributed by atoms with Crippen LogP contribution in [0.4, 0.5) is 5.82 Å². The van der Waals surface area contributed by atoms with E-state index in [9.17, 15) is 0 Å². The van der Waals surface area contributed by atoms with Gasteiger partial charge < -0.3 is 9.42 Å². The van der Waals surface area contributed by atoms with Crippen LogP contribution in [0.15, 0.2) is 22.9 Å². The molecule has 1 atom stereocenters. The lowest BCUT2D eigenvalue weighted by Crippen LogP contribution is -2.35. The lowest BCUT2D eigenvalue weighted by molar-refractivity contribution is 0.331. The molecule has 0 aliphatic carbocycles. The molecule has 0 bridgehead atoms. The molecule has 3 rings (SSSR count). The number of piperidine rings is 1. The van der Waals surface area contributed by atoms with Crippen molar-refractivity contribution in [2.75, 3.05) is 18.0 Å². The van der Waals surface area contributed by atoms with E-state index in [4.69, 9.17) is 4.52 Å². The van der Waals surface area contributed by atoms with Crippen LogP contribution in [-0.4, -0.2) is 28.2 Å². The third-order valence-electron chi connectivity index (χ3n) is 3.35. The summed E-state index contributed by atoms with van der Waals surface area (Å²) in [7, 11) is 0. The van der Waals surface area contributed by atoms with Crippen molar-refractivity contribution in [1.82, 2.24) is 15.1 Å². The first-order valence-electron chi connectivity index (χ1n) is 6.39. The summed E-state index contributed by atoms with van der Waals surface area (Å²) in [5.74, 6) is 2.81. The second kappa shape index (κ2) is 5.44. The van der Waals surface area contributed by atoms with Crippen molar-refractivity contribution < 1.29 is 4.52 Å². The molecule has 1 unspecified atom stereocenters. The molecule has 1 aliphatic rings.